The van der Waals surface area contributed by atoms with Crippen molar-refractivity contribution in [3.05, 3.63) is 29.0 Å². The second-order valence-corrected chi connectivity index (χ2v) is 7.16. The number of halogens is 1. The first-order valence-corrected chi connectivity index (χ1v) is 8.32. The van der Waals surface area contributed by atoms with Crippen LogP contribution in [-0.4, -0.2) is 15.1 Å². The zero-order valence-corrected chi connectivity index (χ0v) is 13.7. The Morgan fingerprint density at radius 3 is 2.67 bits per heavy atom. The van der Waals surface area contributed by atoms with E-state index >= 15 is 0 Å². The molecule has 0 atom stereocenters. The van der Waals surface area contributed by atoms with Gasteiger partial charge in [-0.05, 0) is 44.9 Å². The molecule has 0 unspecified atom stereocenters. The molecule has 1 saturated carbocycles. The molecule has 1 aliphatic carbocycles. The number of nitrogens with two attached hydrogens (primary N) is 1. The van der Waals surface area contributed by atoms with Crippen molar-refractivity contribution in [1.82, 2.24) is 9.55 Å². The van der Waals surface area contributed by atoms with Crippen LogP contribution in [-0.2, 0) is 6.42 Å². The van der Waals surface area contributed by atoms with E-state index in [1.54, 1.807) is 0 Å². The van der Waals surface area contributed by atoms with E-state index < -0.39 is 0 Å². The van der Waals surface area contributed by atoms with Crippen LogP contribution in [0.25, 0.3) is 11.0 Å². The molecule has 1 aromatic heterocycles. The van der Waals surface area contributed by atoms with Crippen LogP contribution in [0.3, 0.4) is 0 Å². The van der Waals surface area contributed by atoms with Gasteiger partial charge in [0.25, 0.3) is 0 Å². The van der Waals surface area contributed by atoms with E-state index in [2.05, 4.69) is 24.5 Å². The molecule has 114 valence electrons. The summed E-state index contributed by atoms with van der Waals surface area (Å²) < 4.78 is 2.31. The smallest absolute Gasteiger partial charge is 0.111 e. The van der Waals surface area contributed by atoms with E-state index in [0.29, 0.717) is 6.04 Å². The molecule has 1 heterocycles. The molecule has 0 spiro atoms. The van der Waals surface area contributed by atoms with Crippen molar-refractivity contribution in [2.24, 2.45) is 5.73 Å². The Hall–Kier alpha value is -1.06. The number of hydrogen-bond acceptors (Lipinski definition) is 2. The lowest BCUT2D eigenvalue weighted by atomic mass is 9.80. The summed E-state index contributed by atoms with van der Waals surface area (Å²) in [6, 6.07) is 6.33. The number of imidazole rings is 1. The first-order valence-electron chi connectivity index (χ1n) is 7.94. The number of nitrogens with zero attached hydrogens (tertiary/aromatic N) is 2. The van der Waals surface area contributed by atoms with Crippen LogP contribution in [0.15, 0.2) is 18.2 Å². The maximum Gasteiger partial charge on any atom is 0.111 e. The zero-order chi connectivity index (χ0) is 15.0. The topological polar surface area (TPSA) is 43.8 Å². The van der Waals surface area contributed by atoms with Gasteiger partial charge in [-0.15, -0.1) is 0 Å². The Labute approximate surface area is 131 Å². The van der Waals surface area contributed by atoms with Crippen LogP contribution >= 0.6 is 11.6 Å². The van der Waals surface area contributed by atoms with Gasteiger partial charge >= 0.3 is 0 Å². The number of hydrogen-bond donors (Lipinski definition) is 1. The Kier molecular flexibility index (Phi) is 3.98. The van der Waals surface area contributed by atoms with Gasteiger partial charge in [-0.3, -0.25) is 0 Å². The van der Waals surface area contributed by atoms with Crippen LogP contribution in [0.2, 0.25) is 5.02 Å². The third kappa shape index (κ3) is 2.95. The van der Waals surface area contributed by atoms with Crippen molar-refractivity contribution in [2.75, 3.05) is 0 Å². The Balaban J connectivity index is 2.02. The first kappa shape index (κ1) is 14.9. The van der Waals surface area contributed by atoms with Gasteiger partial charge in [0.1, 0.15) is 5.82 Å². The second kappa shape index (κ2) is 5.62. The maximum atomic E-state index is 6.63. The SMILES string of the molecule is CC(C)n1c(CC2(N)CCCCC2)nc2cc(Cl)ccc21. The zero-order valence-electron chi connectivity index (χ0n) is 12.9. The highest BCUT2D eigenvalue weighted by Crippen LogP contribution is 2.31. The largest absolute Gasteiger partial charge is 0.325 e. The van der Waals surface area contributed by atoms with Crippen LogP contribution < -0.4 is 5.73 Å². The van der Waals surface area contributed by atoms with Crippen molar-refractivity contribution >= 4 is 22.6 Å². The summed E-state index contributed by atoms with van der Waals surface area (Å²) >= 11 is 6.11. The van der Waals surface area contributed by atoms with Gasteiger partial charge in [-0.2, -0.15) is 0 Å². The van der Waals surface area contributed by atoms with Crippen molar-refractivity contribution < 1.29 is 0 Å². The summed E-state index contributed by atoms with van der Waals surface area (Å²) in [4.78, 5) is 4.83. The molecule has 2 N–H and O–H groups in total. The van der Waals surface area contributed by atoms with Crippen LogP contribution in [0.5, 0.6) is 0 Å². The highest BCUT2D eigenvalue weighted by Gasteiger charge is 2.30. The van der Waals surface area contributed by atoms with Crippen molar-refractivity contribution in [2.45, 2.75) is 64.0 Å². The number of rotatable bonds is 3. The quantitative estimate of drug-likeness (QED) is 0.909. The lowest BCUT2D eigenvalue weighted by Gasteiger charge is -2.33. The van der Waals surface area contributed by atoms with Crippen molar-refractivity contribution in [1.29, 1.82) is 0 Å². The molecule has 0 bridgehead atoms. The molecular weight excluding hydrogens is 282 g/mol. The minimum Gasteiger partial charge on any atom is -0.325 e. The summed E-state index contributed by atoms with van der Waals surface area (Å²) in [6.07, 6.45) is 6.87. The third-order valence-electron chi connectivity index (χ3n) is 4.60. The summed E-state index contributed by atoms with van der Waals surface area (Å²) in [5, 5.41) is 0.739. The van der Waals surface area contributed by atoms with Gasteiger partial charge in [-0.1, -0.05) is 30.9 Å². The number of aromatic nitrogens is 2. The molecular formula is C17H24ClN3. The Morgan fingerprint density at radius 2 is 2.00 bits per heavy atom. The number of fused-ring (bicyclic) bond motifs is 1. The van der Waals surface area contributed by atoms with Gasteiger partial charge in [0.05, 0.1) is 11.0 Å². The van der Waals surface area contributed by atoms with Gasteiger partial charge < -0.3 is 10.3 Å². The average molecular weight is 306 g/mol. The molecule has 2 aromatic rings. The Bertz CT molecular complexity index is 639. The summed E-state index contributed by atoms with van der Waals surface area (Å²) in [5.41, 5.74) is 8.68. The normalized spacial score (nSPS) is 18.5. The standard InChI is InChI=1S/C17H24ClN3/c1-12(2)21-15-7-6-13(18)10-14(15)20-16(21)11-17(19)8-4-3-5-9-17/h6-7,10,12H,3-5,8-9,11,19H2,1-2H3. The predicted octanol–water partition coefficient (Wildman–Crippen LogP) is 4.47. The summed E-state index contributed by atoms with van der Waals surface area (Å²) in [7, 11) is 0. The average Bonchev–Trinajstić information content (AvgIpc) is 2.75. The van der Waals surface area contributed by atoms with Crippen LogP contribution in [0.1, 0.15) is 57.8 Å². The molecule has 4 heteroatoms. The summed E-state index contributed by atoms with van der Waals surface area (Å²) in [6.45, 7) is 4.40. The number of benzene rings is 1. The molecule has 1 aromatic carbocycles. The van der Waals surface area contributed by atoms with Gasteiger partial charge in [-0.25, -0.2) is 4.98 Å². The van der Waals surface area contributed by atoms with E-state index in [4.69, 9.17) is 22.3 Å². The van der Waals surface area contributed by atoms with Crippen LogP contribution in [0, 0.1) is 0 Å². The monoisotopic (exact) mass is 305 g/mol. The molecule has 0 amide bonds. The molecule has 21 heavy (non-hydrogen) atoms. The molecule has 0 aliphatic heterocycles. The fourth-order valence-corrected chi connectivity index (χ4v) is 3.74. The molecule has 1 fully saturated rings. The van der Waals surface area contributed by atoms with E-state index in [1.807, 2.05) is 12.1 Å². The molecule has 3 rings (SSSR count). The minimum atomic E-state index is -0.0872. The van der Waals surface area contributed by atoms with Gasteiger partial charge in [0.2, 0.25) is 0 Å². The lowest BCUT2D eigenvalue weighted by Crippen LogP contribution is -2.44. The van der Waals surface area contributed by atoms with Crippen molar-refractivity contribution in [3.63, 3.8) is 0 Å². The maximum absolute atomic E-state index is 6.63. The third-order valence-corrected chi connectivity index (χ3v) is 4.84. The second-order valence-electron chi connectivity index (χ2n) is 6.72. The summed E-state index contributed by atoms with van der Waals surface area (Å²) in [5.74, 6) is 1.10. The van der Waals surface area contributed by atoms with Crippen LogP contribution in [0.4, 0.5) is 0 Å². The van der Waals surface area contributed by atoms with Gasteiger partial charge in [0, 0.05) is 23.0 Å². The van der Waals surface area contributed by atoms with E-state index in [-0.39, 0.29) is 5.54 Å². The highest BCUT2D eigenvalue weighted by atomic mass is 35.5. The fraction of sp³-hybridized carbons (Fsp3) is 0.588. The molecule has 1 aliphatic rings. The molecule has 0 saturated heterocycles. The van der Waals surface area contributed by atoms with Gasteiger partial charge in [0.15, 0.2) is 0 Å². The lowest BCUT2D eigenvalue weighted by molar-refractivity contribution is 0.286. The predicted molar refractivity (Wildman–Crippen MR) is 88.8 cm³/mol. The molecule has 0 radical (unpaired) electrons. The fourth-order valence-electron chi connectivity index (χ4n) is 3.57. The van der Waals surface area contributed by atoms with Crippen molar-refractivity contribution in [3.8, 4) is 0 Å². The minimum absolute atomic E-state index is 0.0872. The van der Waals surface area contributed by atoms with E-state index in [9.17, 15) is 0 Å². The Morgan fingerprint density at radius 1 is 1.29 bits per heavy atom. The van der Waals surface area contributed by atoms with E-state index in [1.165, 1.54) is 19.3 Å². The van der Waals surface area contributed by atoms with E-state index in [0.717, 1.165) is 41.1 Å². The molecule has 3 nitrogen and oxygen atoms in total. The highest BCUT2D eigenvalue weighted by molar-refractivity contribution is 6.31. The first-order chi connectivity index (χ1) is 9.98.